The van der Waals surface area contributed by atoms with Crippen molar-refractivity contribution in [2.75, 3.05) is 26.4 Å². The second kappa shape index (κ2) is 9.42. The van der Waals surface area contributed by atoms with Crippen molar-refractivity contribution < 1.29 is 23.9 Å². The van der Waals surface area contributed by atoms with Crippen LogP contribution >= 0.6 is 0 Å². The first-order valence-corrected chi connectivity index (χ1v) is 4.78. The van der Waals surface area contributed by atoms with Gasteiger partial charge in [-0.05, 0) is 6.92 Å². The minimum absolute atomic E-state index is 0.104. The van der Waals surface area contributed by atoms with Crippen LogP contribution in [0.1, 0.15) is 20.3 Å². The predicted molar refractivity (Wildman–Crippen MR) is 51.8 cm³/mol. The summed E-state index contributed by atoms with van der Waals surface area (Å²) < 4.78 is 10.1. The molecular weight excluding hydrogens is 202 g/mol. The highest BCUT2D eigenvalue weighted by molar-refractivity contribution is 5.75. The topological polar surface area (TPSA) is 73.9 Å². The Kier molecular flexibility index (Phi) is 8.70. The summed E-state index contributed by atoms with van der Waals surface area (Å²) in [7, 11) is 0. The highest BCUT2D eigenvalue weighted by Crippen LogP contribution is 1.87. The summed E-state index contributed by atoms with van der Waals surface area (Å²) in [4.78, 5) is 25.6. The van der Waals surface area contributed by atoms with Crippen LogP contribution in [0.2, 0.25) is 0 Å². The number of nitrogens with one attached hydrogen (secondary N) is 1. The summed E-state index contributed by atoms with van der Waals surface area (Å²) in [6.45, 7) is 5.01. The molecule has 0 aromatic carbocycles. The molecular formula is C9H17NO5. The molecule has 0 bridgehead atoms. The number of hydrogen-bond acceptors (Lipinski definition) is 5. The van der Waals surface area contributed by atoms with E-state index in [1.165, 1.54) is 6.92 Å². The molecule has 1 amide bonds. The van der Waals surface area contributed by atoms with Crippen LogP contribution in [0.3, 0.4) is 0 Å². The van der Waals surface area contributed by atoms with Gasteiger partial charge in [0.15, 0.2) is 0 Å². The number of hydroxylamine groups is 1. The minimum atomic E-state index is -0.526. The average Bonchev–Trinajstić information content (AvgIpc) is 2.20. The molecule has 1 N–H and O–H groups in total. The molecule has 0 aromatic heterocycles. The summed E-state index contributed by atoms with van der Waals surface area (Å²) in [5.74, 6) is -0.942. The summed E-state index contributed by atoms with van der Waals surface area (Å²) >= 11 is 0. The van der Waals surface area contributed by atoms with E-state index in [1.807, 2.05) is 12.4 Å². The zero-order valence-corrected chi connectivity index (χ0v) is 9.08. The van der Waals surface area contributed by atoms with Gasteiger partial charge < -0.3 is 14.3 Å². The molecule has 88 valence electrons. The van der Waals surface area contributed by atoms with Crippen molar-refractivity contribution in [2.24, 2.45) is 0 Å². The predicted octanol–water partition coefficient (Wildman–Crippen LogP) is 0.0239. The lowest BCUT2D eigenvalue weighted by Crippen LogP contribution is -2.25. The van der Waals surface area contributed by atoms with E-state index < -0.39 is 11.9 Å². The maximum Gasteiger partial charge on any atom is 0.334 e. The van der Waals surface area contributed by atoms with Gasteiger partial charge >= 0.3 is 5.97 Å². The van der Waals surface area contributed by atoms with Gasteiger partial charge in [-0.3, -0.25) is 4.79 Å². The molecule has 6 nitrogen and oxygen atoms in total. The van der Waals surface area contributed by atoms with Gasteiger partial charge in [-0.15, -0.1) is 0 Å². The van der Waals surface area contributed by atoms with E-state index >= 15 is 0 Å². The van der Waals surface area contributed by atoms with Gasteiger partial charge in [0.05, 0.1) is 26.2 Å². The molecule has 0 unspecified atom stereocenters. The smallest absolute Gasteiger partial charge is 0.334 e. The van der Waals surface area contributed by atoms with Crippen molar-refractivity contribution in [1.82, 2.24) is 5.48 Å². The highest BCUT2D eigenvalue weighted by atomic mass is 16.7. The zero-order chi connectivity index (χ0) is 11.5. The van der Waals surface area contributed by atoms with Crippen LogP contribution in [0.15, 0.2) is 0 Å². The van der Waals surface area contributed by atoms with Gasteiger partial charge in [-0.2, -0.15) is 5.48 Å². The quantitative estimate of drug-likeness (QED) is 0.483. The number of carbonyl (C=O) groups excluding carboxylic acids is 2. The van der Waals surface area contributed by atoms with Crippen LogP contribution in [0.4, 0.5) is 0 Å². The van der Waals surface area contributed by atoms with Crippen LogP contribution in [0, 0.1) is 0 Å². The second-order valence-corrected chi connectivity index (χ2v) is 2.69. The fourth-order valence-corrected chi connectivity index (χ4v) is 0.700. The molecule has 0 fully saturated rings. The molecule has 0 aromatic rings. The lowest BCUT2D eigenvalue weighted by molar-refractivity contribution is -0.158. The minimum Gasteiger partial charge on any atom is -0.379 e. The van der Waals surface area contributed by atoms with Crippen LogP contribution in [0.5, 0.6) is 0 Å². The molecule has 0 aliphatic carbocycles. The van der Waals surface area contributed by atoms with Gasteiger partial charge in [0.25, 0.3) is 0 Å². The van der Waals surface area contributed by atoms with Crippen molar-refractivity contribution in [2.45, 2.75) is 20.3 Å². The first kappa shape index (κ1) is 13.9. The number of rotatable bonds is 7. The van der Waals surface area contributed by atoms with Gasteiger partial charge in [0, 0.05) is 13.5 Å². The number of hydrogen-bond donors (Lipinski definition) is 1. The lowest BCUT2D eigenvalue weighted by atomic mass is 10.5. The third kappa shape index (κ3) is 10.8. The van der Waals surface area contributed by atoms with Crippen LogP contribution in [0.25, 0.3) is 0 Å². The third-order valence-electron chi connectivity index (χ3n) is 1.34. The van der Waals surface area contributed by atoms with Crippen molar-refractivity contribution >= 4 is 11.9 Å². The maximum absolute atomic E-state index is 10.9. The zero-order valence-electron chi connectivity index (χ0n) is 9.08. The van der Waals surface area contributed by atoms with E-state index in [1.54, 1.807) is 0 Å². The Bertz CT molecular complexity index is 195. The Morgan fingerprint density at radius 1 is 1.13 bits per heavy atom. The van der Waals surface area contributed by atoms with Gasteiger partial charge in [0.1, 0.15) is 0 Å². The first-order chi connectivity index (χ1) is 7.16. The van der Waals surface area contributed by atoms with E-state index in [-0.39, 0.29) is 13.0 Å². The molecule has 0 aliphatic rings. The normalized spacial score (nSPS) is 9.73. The molecule has 0 saturated carbocycles. The summed E-state index contributed by atoms with van der Waals surface area (Å²) in [5, 5.41) is 0. The van der Waals surface area contributed by atoms with Crippen LogP contribution in [-0.2, 0) is 23.9 Å². The number of carbonyl (C=O) groups is 2. The molecule has 0 heterocycles. The highest BCUT2D eigenvalue weighted by Gasteiger charge is 2.03. The molecule has 0 saturated heterocycles. The standard InChI is InChI=1S/C9H17NO5/c1-3-13-6-7-14-5-4-9(12)15-10-8(2)11/h3-7H2,1-2H3,(H,10,11). The Morgan fingerprint density at radius 2 is 1.80 bits per heavy atom. The Balaban J connectivity index is 3.20. The summed E-state index contributed by atoms with van der Waals surface area (Å²) in [6, 6.07) is 0. The molecule has 0 rings (SSSR count). The van der Waals surface area contributed by atoms with Crippen molar-refractivity contribution in [3.63, 3.8) is 0 Å². The van der Waals surface area contributed by atoms with Crippen LogP contribution < -0.4 is 5.48 Å². The van der Waals surface area contributed by atoms with Gasteiger partial charge in [-0.25, -0.2) is 4.79 Å². The van der Waals surface area contributed by atoms with E-state index in [0.29, 0.717) is 19.8 Å². The molecule has 0 radical (unpaired) electrons. The number of amides is 1. The van der Waals surface area contributed by atoms with Crippen molar-refractivity contribution in [1.29, 1.82) is 0 Å². The van der Waals surface area contributed by atoms with E-state index in [2.05, 4.69) is 4.84 Å². The number of ether oxygens (including phenoxy) is 2. The van der Waals surface area contributed by atoms with Crippen LogP contribution in [-0.4, -0.2) is 38.3 Å². The molecule has 6 heteroatoms. The van der Waals surface area contributed by atoms with Gasteiger partial charge in [0.2, 0.25) is 5.91 Å². The molecule has 15 heavy (non-hydrogen) atoms. The maximum atomic E-state index is 10.9. The summed E-state index contributed by atoms with van der Waals surface area (Å²) in [6.07, 6.45) is 0.104. The Morgan fingerprint density at radius 3 is 2.40 bits per heavy atom. The monoisotopic (exact) mass is 219 g/mol. The van der Waals surface area contributed by atoms with E-state index in [0.717, 1.165) is 0 Å². The fourth-order valence-electron chi connectivity index (χ4n) is 0.700. The van der Waals surface area contributed by atoms with Crippen molar-refractivity contribution in [3.05, 3.63) is 0 Å². The van der Waals surface area contributed by atoms with E-state index in [9.17, 15) is 9.59 Å². The third-order valence-corrected chi connectivity index (χ3v) is 1.34. The Labute approximate surface area is 88.8 Å². The van der Waals surface area contributed by atoms with Gasteiger partial charge in [-0.1, -0.05) is 0 Å². The average molecular weight is 219 g/mol. The summed E-state index contributed by atoms with van der Waals surface area (Å²) in [5.41, 5.74) is 1.94. The lowest BCUT2D eigenvalue weighted by Gasteiger charge is -2.04. The molecule has 0 spiro atoms. The largest absolute Gasteiger partial charge is 0.379 e. The first-order valence-electron chi connectivity index (χ1n) is 4.78. The fraction of sp³-hybridized carbons (Fsp3) is 0.778. The van der Waals surface area contributed by atoms with Crippen molar-refractivity contribution in [3.8, 4) is 0 Å². The molecule has 0 atom stereocenters. The SMILES string of the molecule is CCOCCOCCC(=O)ONC(C)=O. The molecule has 0 aliphatic heterocycles. The van der Waals surface area contributed by atoms with E-state index in [4.69, 9.17) is 9.47 Å². The Hall–Kier alpha value is -1.14. The second-order valence-electron chi connectivity index (χ2n) is 2.69.